The molecular weight excluding hydrogens is 522 g/mol. The molecule has 1 atom stereocenters. The quantitative estimate of drug-likeness (QED) is 0.395. The molecule has 4 aliphatic rings. The van der Waals surface area contributed by atoms with Gasteiger partial charge < -0.3 is 19.8 Å². The maximum absolute atomic E-state index is 16.3. The van der Waals surface area contributed by atoms with Crippen LogP contribution in [0.1, 0.15) is 30.4 Å². The first-order chi connectivity index (χ1) is 18.5. The summed E-state index contributed by atoms with van der Waals surface area (Å²) in [7, 11) is 0. The average Bonchev–Trinajstić information content (AvgIpc) is 3.32. The number of hydrogen-bond donors (Lipinski definition) is 2. The predicted octanol–water partition coefficient (Wildman–Crippen LogP) is 2.18. The van der Waals surface area contributed by atoms with Gasteiger partial charge in [0.2, 0.25) is 0 Å². The molecular formula is C26H25F4N5O4. The van der Waals surface area contributed by atoms with E-state index in [9.17, 15) is 23.8 Å². The second kappa shape index (κ2) is 8.71. The fraction of sp³-hybridized carbons (Fsp3) is 0.462. The maximum atomic E-state index is 16.3. The lowest BCUT2D eigenvalue weighted by Crippen LogP contribution is -2.76. The summed E-state index contributed by atoms with van der Waals surface area (Å²) in [6.45, 7) is -0.429. The molecule has 1 amide bonds. The first-order valence-corrected chi connectivity index (χ1v) is 12.4. The van der Waals surface area contributed by atoms with Crippen molar-refractivity contribution in [1.29, 1.82) is 0 Å². The fourth-order valence-corrected chi connectivity index (χ4v) is 6.33. The highest BCUT2D eigenvalue weighted by Gasteiger charge is 2.82. The smallest absolute Gasteiger partial charge is 0.287 e. The number of nitrogens with zero attached hydrogens (tertiary/aromatic N) is 5. The minimum Gasteiger partial charge on any atom is -0.484 e. The van der Waals surface area contributed by atoms with Gasteiger partial charge >= 0.3 is 0 Å². The van der Waals surface area contributed by atoms with Crippen LogP contribution in [0.15, 0.2) is 48.8 Å². The van der Waals surface area contributed by atoms with Crippen molar-refractivity contribution >= 4 is 5.91 Å². The molecule has 4 fully saturated rings. The Balaban J connectivity index is 1.18. The third-order valence-electron chi connectivity index (χ3n) is 8.42. The number of rotatable bonds is 9. The number of hydrogen-bond acceptors (Lipinski definition) is 7. The lowest BCUT2D eigenvalue weighted by atomic mass is 9.30. The summed E-state index contributed by atoms with van der Waals surface area (Å²) in [6.07, 6.45) is 0.718. The van der Waals surface area contributed by atoms with Crippen molar-refractivity contribution in [2.24, 2.45) is 5.41 Å². The number of benzene rings is 2. The van der Waals surface area contributed by atoms with Gasteiger partial charge in [-0.15, -0.1) is 5.10 Å². The van der Waals surface area contributed by atoms with E-state index in [1.54, 1.807) is 24.3 Å². The van der Waals surface area contributed by atoms with Gasteiger partial charge in [0.15, 0.2) is 12.2 Å². The van der Waals surface area contributed by atoms with Gasteiger partial charge in [-0.25, -0.2) is 22.2 Å². The zero-order valence-electron chi connectivity index (χ0n) is 20.6. The van der Waals surface area contributed by atoms with Gasteiger partial charge in [0.25, 0.3) is 11.8 Å². The third-order valence-corrected chi connectivity index (χ3v) is 8.42. The minimum atomic E-state index is -3.81. The second-order valence-electron chi connectivity index (χ2n) is 10.9. The number of aliphatic hydroxyl groups excluding tert-OH is 1. The summed E-state index contributed by atoms with van der Waals surface area (Å²) in [6, 6.07) is 8.98. The maximum Gasteiger partial charge on any atom is 0.287 e. The summed E-state index contributed by atoms with van der Waals surface area (Å²) < 4.78 is 67.3. The molecule has 3 aromatic rings. The molecule has 9 nitrogen and oxygen atoms in total. The van der Waals surface area contributed by atoms with Gasteiger partial charge in [0.05, 0.1) is 12.6 Å². The molecule has 2 bridgehead atoms. The van der Waals surface area contributed by atoms with Crippen molar-refractivity contribution in [2.75, 3.05) is 19.7 Å². The highest BCUT2D eigenvalue weighted by Crippen LogP contribution is 2.80. The van der Waals surface area contributed by atoms with Crippen molar-refractivity contribution in [3.63, 3.8) is 0 Å². The number of tetrazole rings is 1. The molecule has 3 saturated carbocycles. The summed E-state index contributed by atoms with van der Waals surface area (Å²) in [5.41, 5.74) is -5.07. The summed E-state index contributed by atoms with van der Waals surface area (Å²) in [5.74, 6) is -5.83. The molecule has 7 rings (SSSR count). The van der Waals surface area contributed by atoms with Crippen molar-refractivity contribution in [3.05, 3.63) is 71.6 Å². The summed E-state index contributed by atoms with van der Waals surface area (Å²) >= 11 is 0. The lowest BCUT2D eigenvalue weighted by Gasteiger charge is -2.74. The first kappa shape index (κ1) is 25.7. The van der Waals surface area contributed by atoms with E-state index in [1.165, 1.54) is 4.90 Å². The minimum absolute atomic E-state index is 0.0592. The van der Waals surface area contributed by atoms with Crippen LogP contribution in [0.5, 0.6) is 5.75 Å². The number of aliphatic hydroxyl groups is 2. The zero-order valence-corrected chi connectivity index (χ0v) is 20.6. The first-order valence-electron chi connectivity index (χ1n) is 12.4. The van der Waals surface area contributed by atoms with Crippen LogP contribution in [0.25, 0.3) is 0 Å². The molecule has 1 unspecified atom stereocenters. The monoisotopic (exact) mass is 547 g/mol. The van der Waals surface area contributed by atoms with E-state index in [1.807, 2.05) is 0 Å². The molecule has 3 aliphatic carbocycles. The number of alkyl halides is 2. The highest BCUT2D eigenvalue weighted by atomic mass is 19.3. The van der Waals surface area contributed by atoms with E-state index in [0.29, 0.717) is 11.8 Å². The van der Waals surface area contributed by atoms with E-state index in [0.717, 1.165) is 28.7 Å². The molecule has 0 spiro atoms. The molecule has 1 aromatic heterocycles. The van der Waals surface area contributed by atoms with Gasteiger partial charge in [-0.3, -0.25) is 4.79 Å². The normalized spacial score (nSPS) is 25.7. The van der Waals surface area contributed by atoms with E-state index in [2.05, 4.69) is 15.5 Å². The van der Waals surface area contributed by atoms with Crippen LogP contribution >= 0.6 is 0 Å². The molecule has 39 heavy (non-hydrogen) atoms. The Morgan fingerprint density at radius 1 is 1.10 bits per heavy atom. The molecule has 206 valence electrons. The number of carbonyl (C=O) groups is 1. The van der Waals surface area contributed by atoms with Crippen LogP contribution < -0.4 is 4.74 Å². The van der Waals surface area contributed by atoms with E-state index in [4.69, 9.17) is 4.74 Å². The van der Waals surface area contributed by atoms with Crippen molar-refractivity contribution < 1.29 is 37.3 Å². The molecule has 2 N–H and O–H groups in total. The van der Waals surface area contributed by atoms with Crippen molar-refractivity contribution in [2.45, 2.75) is 48.8 Å². The average molecular weight is 548 g/mol. The number of carbonyl (C=O) groups excluding carboxylic acids is 1. The number of aromatic nitrogens is 4. The lowest BCUT2D eigenvalue weighted by molar-refractivity contribution is -0.347. The van der Waals surface area contributed by atoms with Crippen LogP contribution in [0.3, 0.4) is 0 Å². The highest BCUT2D eigenvalue weighted by molar-refractivity contribution is 5.78. The Hall–Kier alpha value is -3.58. The summed E-state index contributed by atoms with van der Waals surface area (Å²) in [4.78, 5) is 13.5. The van der Waals surface area contributed by atoms with Crippen LogP contribution in [0, 0.1) is 17.0 Å². The Bertz CT molecular complexity index is 1380. The van der Waals surface area contributed by atoms with Gasteiger partial charge in [-0.05, 0) is 64.9 Å². The fourth-order valence-electron chi connectivity index (χ4n) is 6.33. The van der Waals surface area contributed by atoms with Crippen molar-refractivity contribution in [3.8, 4) is 5.75 Å². The SMILES string of the molecule is O=C(COc1ccc(C23CC(C(F)(F)C(O)(Cn4cnnn4)c4ccc(F)cc4F)(C2)C3)cc1)N1CC(O)C1. The number of β-amino-alcohol motifs (C(OH)–C–C–N with tert-alkyl or cyclic N) is 1. The molecule has 0 radical (unpaired) electrons. The van der Waals surface area contributed by atoms with Crippen LogP contribution in [0.2, 0.25) is 0 Å². The predicted molar refractivity (Wildman–Crippen MR) is 126 cm³/mol. The third kappa shape index (κ3) is 3.89. The van der Waals surface area contributed by atoms with Crippen molar-refractivity contribution in [1.82, 2.24) is 25.1 Å². The summed E-state index contributed by atoms with van der Waals surface area (Å²) in [5, 5.41) is 31.1. The van der Waals surface area contributed by atoms with Gasteiger partial charge in [0.1, 0.15) is 23.7 Å². The van der Waals surface area contributed by atoms with Gasteiger partial charge in [-0.2, -0.15) is 0 Å². The molecule has 1 aliphatic heterocycles. The van der Waals surface area contributed by atoms with Crippen LogP contribution in [0.4, 0.5) is 17.6 Å². The Labute approximate surface area is 220 Å². The van der Waals surface area contributed by atoms with E-state index in [-0.39, 0.29) is 44.9 Å². The number of amides is 1. The van der Waals surface area contributed by atoms with Crippen LogP contribution in [-0.4, -0.2) is 73.0 Å². The number of ether oxygens (including phenoxy) is 1. The Morgan fingerprint density at radius 3 is 2.38 bits per heavy atom. The second-order valence-corrected chi connectivity index (χ2v) is 10.9. The standard InChI is InChI=1S/C26H25F4N5O4/c27-17-3-6-20(21(28)7-17)25(38,14-35-15-31-32-33-35)26(29,30)24-11-23(12-24,13-24)16-1-4-19(5-2-16)39-10-22(37)34-8-18(36)9-34/h1-7,15,18,36,38H,8-14H2. The van der Waals surface area contributed by atoms with E-state index < -0.39 is 52.2 Å². The Kier molecular flexibility index (Phi) is 5.74. The molecule has 13 heteroatoms. The number of likely N-dealkylation sites (tertiary alicyclic amines) is 1. The van der Waals surface area contributed by atoms with E-state index >= 15 is 8.78 Å². The molecule has 2 heterocycles. The molecule has 1 saturated heterocycles. The number of halogens is 4. The van der Waals surface area contributed by atoms with Crippen LogP contribution in [-0.2, 0) is 22.4 Å². The topological polar surface area (TPSA) is 114 Å². The Morgan fingerprint density at radius 2 is 1.79 bits per heavy atom. The van der Waals surface area contributed by atoms with Gasteiger partial charge in [-0.1, -0.05) is 12.1 Å². The zero-order chi connectivity index (χ0) is 27.6. The molecule has 2 aromatic carbocycles. The largest absolute Gasteiger partial charge is 0.484 e. The van der Waals surface area contributed by atoms with Gasteiger partial charge in [0, 0.05) is 30.1 Å².